The number of carbonyl (C=O) groups excluding carboxylic acids is 1. The summed E-state index contributed by atoms with van der Waals surface area (Å²) in [6.45, 7) is 1.75. The minimum Gasteiger partial charge on any atom is -0.271 e. The van der Waals surface area contributed by atoms with Crippen LogP contribution in [0.15, 0.2) is 53.6 Å². The molecule has 0 spiro atoms. The number of benzene rings is 2. The maximum Gasteiger partial charge on any atom is 0.261 e. The Morgan fingerprint density at radius 1 is 1.22 bits per heavy atom. The molecule has 7 heteroatoms. The zero-order valence-electron chi connectivity index (χ0n) is 12.4. The molecule has 116 valence electrons. The SMILES string of the molecule is C/C(=N/NC(=O)Cn1nnc2ccccc21)c1ccc(F)cc1. The Morgan fingerprint density at radius 2 is 1.96 bits per heavy atom. The highest BCUT2D eigenvalue weighted by Crippen LogP contribution is 2.09. The Morgan fingerprint density at radius 3 is 2.74 bits per heavy atom. The second-order valence-electron chi connectivity index (χ2n) is 4.97. The van der Waals surface area contributed by atoms with Gasteiger partial charge in [-0.05, 0) is 36.8 Å². The van der Waals surface area contributed by atoms with Crippen LogP contribution in [-0.2, 0) is 11.3 Å². The molecule has 0 atom stereocenters. The van der Waals surface area contributed by atoms with Crippen molar-refractivity contribution in [3.8, 4) is 0 Å². The maximum absolute atomic E-state index is 12.9. The van der Waals surface area contributed by atoms with E-state index in [4.69, 9.17) is 0 Å². The Labute approximate surface area is 131 Å². The van der Waals surface area contributed by atoms with Crippen LogP contribution in [0.4, 0.5) is 4.39 Å². The third-order valence-electron chi connectivity index (χ3n) is 3.32. The highest BCUT2D eigenvalue weighted by molar-refractivity contribution is 5.99. The highest BCUT2D eigenvalue weighted by Gasteiger charge is 2.08. The van der Waals surface area contributed by atoms with Gasteiger partial charge in [-0.2, -0.15) is 5.10 Å². The van der Waals surface area contributed by atoms with Gasteiger partial charge in [0.05, 0.1) is 11.2 Å². The van der Waals surface area contributed by atoms with Crippen LogP contribution in [0.2, 0.25) is 0 Å². The van der Waals surface area contributed by atoms with Crippen LogP contribution >= 0.6 is 0 Å². The number of halogens is 1. The third kappa shape index (κ3) is 3.39. The molecule has 6 nitrogen and oxygen atoms in total. The van der Waals surface area contributed by atoms with Gasteiger partial charge in [-0.25, -0.2) is 14.5 Å². The molecule has 23 heavy (non-hydrogen) atoms. The number of nitrogens with one attached hydrogen (secondary N) is 1. The summed E-state index contributed by atoms with van der Waals surface area (Å²) in [6, 6.07) is 13.3. The quantitative estimate of drug-likeness (QED) is 0.592. The minimum atomic E-state index is -0.317. The lowest BCUT2D eigenvalue weighted by Gasteiger charge is -2.04. The Kier molecular flexibility index (Phi) is 4.09. The first-order chi connectivity index (χ1) is 11.1. The molecular weight excluding hydrogens is 297 g/mol. The molecule has 0 saturated carbocycles. The molecule has 0 radical (unpaired) electrons. The molecule has 2 aromatic carbocycles. The van der Waals surface area contributed by atoms with Crippen molar-refractivity contribution in [1.29, 1.82) is 0 Å². The number of rotatable bonds is 4. The molecule has 1 heterocycles. The fourth-order valence-electron chi connectivity index (χ4n) is 2.11. The summed E-state index contributed by atoms with van der Waals surface area (Å²) >= 11 is 0. The van der Waals surface area contributed by atoms with Crippen molar-refractivity contribution in [2.24, 2.45) is 5.10 Å². The van der Waals surface area contributed by atoms with E-state index in [1.54, 1.807) is 19.1 Å². The van der Waals surface area contributed by atoms with Gasteiger partial charge in [-0.1, -0.05) is 29.5 Å². The summed E-state index contributed by atoms with van der Waals surface area (Å²) in [5.74, 6) is -0.634. The van der Waals surface area contributed by atoms with Gasteiger partial charge in [0.2, 0.25) is 0 Å². The lowest BCUT2D eigenvalue weighted by Crippen LogP contribution is -2.24. The van der Waals surface area contributed by atoms with Gasteiger partial charge < -0.3 is 0 Å². The van der Waals surface area contributed by atoms with Crippen molar-refractivity contribution < 1.29 is 9.18 Å². The molecule has 0 aliphatic heterocycles. The van der Waals surface area contributed by atoms with Crippen molar-refractivity contribution in [3.63, 3.8) is 0 Å². The van der Waals surface area contributed by atoms with Crippen LogP contribution in [0.25, 0.3) is 11.0 Å². The van der Waals surface area contributed by atoms with Crippen molar-refractivity contribution in [2.45, 2.75) is 13.5 Å². The lowest BCUT2D eigenvalue weighted by molar-refractivity contribution is -0.121. The Balaban J connectivity index is 1.67. The molecule has 0 saturated heterocycles. The molecule has 1 amide bonds. The average Bonchev–Trinajstić information content (AvgIpc) is 2.96. The van der Waals surface area contributed by atoms with Gasteiger partial charge >= 0.3 is 0 Å². The first-order valence-corrected chi connectivity index (χ1v) is 7.01. The molecule has 1 aromatic heterocycles. The van der Waals surface area contributed by atoms with E-state index in [1.165, 1.54) is 16.8 Å². The van der Waals surface area contributed by atoms with Crippen molar-refractivity contribution >= 4 is 22.7 Å². The summed E-state index contributed by atoms with van der Waals surface area (Å²) in [6.07, 6.45) is 0. The number of amides is 1. The topological polar surface area (TPSA) is 72.2 Å². The second kappa shape index (κ2) is 6.35. The second-order valence-corrected chi connectivity index (χ2v) is 4.97. The normalized spacial score (nSPS) is 11.7. The number of para-hydroxylation sites is 1. The number of hydrazone groups is 1. The van der Waals surface area contributed by atoms with Crippen molar-refractivity contribution in [1.82, 2.24) is 20.4 Å². The molecule has 3 rings (SSSR count). The van der Waals surface area contributed by atoms with Gasteiger partial charge in [0.1, 0.15) is 17.9 Å². The van der Waals surface area contributed by atoms with E-state index in [0.717, 1.165) is 16.6 Å². The molecule has 0 bridgehead atoms. The Bertz CT molecular complexity index is 870. The number of carbonyl (C=O) groups is 1. The molecular formula is C16H14FN5O. The number of hydrogen-bond acceptors (Lipinski definition) is 4. The van der Waals surface area contributed by atoms with E-state index >= 15 is 0 Å². The van der Waals surface area contributed by atoms with E-state index in [2.05, 4.69) is 20.8 Å². The average molecular weight is 311 g/mol. The summed E-state index contributed by atoms with van der Waals surface area (Å²) in [7, 11) is 0. The van der Waals surface area contributed by atoms with E-state index in [9.17, 15) is 9.18 Å². The maximum atomic E-state index is 12.9. The molecule has 0 aliphatic carbocycles. The van der Waals surface area contributed by atoms with Gasteiger partial charge in [0, 0.05) is 0 Å². The van der Waals surface area contributed by atoms with Crippen LogP contribution in [0, 0.1) is 5.82 Å². The molecule has 0 fully saturated rings. The fraction of sp³-hybridized carbons (Fsp3) is 0.125. The van der Waals surface area contributed by atoms with Crippen LogP contribution < -0.4 is 5.43 Å². The van der Waals surface area contributed by atoms with E-state index in [0.29, 0.717) is 5.71 Å². The van der Waals surface area contributed by atoms with Gasteiger partial charge in [0.15, 0.2) is 0 Å². The monoisotopic (exact) mass is 311 g/mol. The van der Waals surface area contributed by atoms with Crippen LogP contribution in [0.5, 0.6) is 0 Å². The van der Waals surface area contributed by atoms with E-state index in [-0.39, 0.29) is 18.3 Å². The van der Waals surface area contributed by atoms with Crippen LogP contribution in [0.1, 0.15) is 12.5 Å². The predicted octanol–water partition coefficient (Wildman–Crippen LogP) is 2.11. The van der Waals surface area contributed by atoms with E-state index in [1.807, 2.05) is 24.3 Å². The first kappa shape index (κ1) is 14.8. The lowest BCUT2D eigenvalue weighted by atomic mass is 10.1. The standard InChI is InChI=1S/C16H14FN5O/c1-11(12-6-8-13(17)9-7-12)18-20-16(23)10-22-15-5-3-2-4-14(15)19-21-22/h2-9H,10H2,1H3,(H,20,23)/b18-11-. The highest BCUT2D eigenvalue weighted by atomic mass is 19.1. The zero-order chi connectivity index (χ0) is 16.2. The molecule has 0 unspecified atom stereocenters. The number of aromatic nitrogens is 3. The van der Waals surface area contributed by atoms with Crippen molar-refractivity contribution in [3.05, 3.63) is 59.9 Å². The number of nitrogens with zero attached hydrogens (tertiary/aromatic N) is 4. The Hall–Kier alpha value is -3.09. The van der Waals surface area contributed by atoms with E-state index < -0.39 is 0 Å². The molecule has 0 aliphatic rings. The van der Waals surface area contributed by atoms with Crippen LogP contribution in [0.3, 0.4) is 0 Å². The largest absolute Gasteiger partial charge is 0.271 e. The fourth-order valence-corrected chi connectivity index (χ4v) is 2.11. The minimum absolute atomic E-state index is 0.0146. The zero-order valence-corrected chi connectivity index (χ0v) is 12.4. The third-order valence-corrected chi connectivity index (χ3v) is 3.32. The number of hydrogen-bond donors (Lipinski definition) is 1. The van der Waals surface area contributed by atoms with Crippen molar-refractivity contribution in [2.75, 3.05) is 0 Å². The first-order valence-electron chi connectivity index (χ1n) is 7.01. The molecule has 3 aromatic rings. The predicted molar refractivity (Wildman–Crippen MR) is 84.3 cm³/mol. The van der Waals surface area contributed by atoms with Gasteiger partial charge in [-0.3, -0.25) is 4.79 Å². The summed E-state index contributed by atoms with van der Waals surface area (Å²) < 4.78 is 14.4. The number of fused-ring (bicyclic) bond motifs is 1. The van der Waals surface area contributed by atoms with Gasteiger partial charge in [0.25, 0.3) is 5.91 Å². The smallest absolute Gasteiger partial charge is 0.261 e. The van der Waals surface area contributed by atoms with Crippen LogP contribution in [-0.4, -0.2) is 26.6 Å². The summed E-state index contributed by atoms with van der Waals surface area (Å²) in [5.41, 5.74) is 5.29. The summed E-state index contributed by atoms with van der Waals surface area (Å²) in [5, 5.41) is 11.9. The molecule has 1 N–H and O–H groups in total. The van der Waals surface area contributed by atoms with Gasteiger partial charge in [-0.15, -0.1) is 5.10 Å². The summed E-state index contributed by atoms with van der Waals surface area (Å²) in [4.78, 5) is 12.0.